The standard InChI is InChI=1S/C17H23NO5/c1-10-7-14(23-4)13(16(20)21)8-12(10)15(19)18-6-5-11(9-18)17(2,3)22/h7-8,11,22H,5-6,9H2,1-4H3,(H,20,21). The van der Waals surface area contributed by atoms with Crippen molar-refractivity contribution in [3.8, 4) is 5.75 Å². The van der Waals surface area contributed by atoms with Crippen LogP contribution in [0, 0.1) is 12.8 Å². The number of likely N-dealkylation sites (tertiary alicyclic amines) is 1. The van der Waals surface area contributed by atoms with Gasteiger partial charge in [0, 0.05) is 24.6 Å². The topological polar surface area (TPSA) is 87.1 Å². The number of nitrogens with zero attached hydrogens (tertiary/aromatic N) is 1. The first-order chi connectivity index (χ1) is 10.6. The van der Waals surface area contributed by atoms with Crippen LogP contribution < -0.4 is 4.74 Å². The molecule has 0 aliphatic carbocycles. The highest BCUT2D eigenvalue weighted by Crippen LogP contribution is 2.30. The lowest BCUT2D eigenvalue weighted by atomic mass is 9.90. The molecule has 6 nitrogen and oxygen atoms in total. The van der Waals surface area contributed by atoms with E-state index in [-0.39, 0.29) is 23.1 Å². The van der Waals surface area contributed by atoms with Gasteiger partial charge in [0.05, 0.1) is 12.7 Å². The molecule has 1 aromatic rings. The zero-order valence-corrected chi connectivity index (χ0v) is 13.9. The Morgan fingerprint density at radius 2 is 1.96 bits per heavy atom. The number of rotatable bonds is 4. The minimum absolute atomic E-state index is 0.0175. The van der Waals surface area contributed by atoms with Crippen molar-refractivity contribution in [2.75, 3.05) is 20.2 Å². The van der Waals surface area contributed by atoms with Crippen LogP contribution in [-0.4, -0.2) is 52.8 Å². The third-order valence-corrected chi connectivity index (χ3v) is 4.48. The van der Waals surface area contributed by atoms with Crippen LogP contribution in [0.5, 0.6) is 5.75 Å². The second kappa shape index (κ2) is 6.20. The fourth-order valence-corrected chi connectivity index (χ4v) is 2.94. The van der Waals surface area contributed by atoms with Gasteiger partial charge >= 0.3 is 5.97 Å². The van der Waals surface area contributed by atoms with Gasteiger partial charge in [-0.25, -0.2) is 4.79 Å². The van der Waals surface area contributed by atoms with Crippen LogP contribution in [0.2, 0.25) is 0 Å². The second-order valence-corrected chi connectivity index (χ2v) is 6.56. The summed E-state index contributed by atoms with van der Waals surface area (Å²) in [5.74, 6) is -1.09. The number of aromatic carboxylic acids is 1. The molecule has 0 radical (unpaired) electrons. The van der Waals surface area contributed by atoms with E-state index >= 15 is 0 Å². The van der Waals surface area contributed by atoms with Gasteiger partial charge in [-0.05, 0) is 44.9 Å². The van der Waals surface area contributed by atoms with Gasteiger partial charge in [-0.1, -0.05) is 0 Å². The molecule has 1 aliphatic rings. The average Bonchev–Trinajstić information content (AvgIpc) is 2.95. The second-order valence-electron chi connectivity index (χ2n) is 6.56. The van der Waals surface area contributed by atoms with Gasteiger partial charge in [0.2, 0.25) is 0 Å². The van der Waals surface area contributed by atoms with Crippen molar-refractivity contribution >= 4 is 11.9 Å². The molecular formula is C17H23NO5. The zero-order valence-electron chi connectivity index (χ0n) is 13.9. The summed E-state index contributed by atoms with van der Waals surface area (Å²) >= 11 is 0. The fraction of sp³-hybridized carbons (Fsp3) is 0.529. The molecule has 0 spiro atoms. The first-order valence-corrected chi connectivity index (χ1v) is 7.58. The highest BCUT2D eigenvalue weighted by molar-refractivity contribution is 6.00. The Balaban J connectivity index is 2.30. The number of hydrogen-bond donors (Lipinski definition) is 2. The quantitative estimate of drug-likeness (QED) is 0.885. The normalized spacial score (nSPS) is 18.1. The highest BCUT2D eigenvalue weighted by atomic mass is 16.5. The summed E-state index contributed by atoms with van der Waals surface area (Å²) < 4.78 is 5.07. The molecule has 23 heavy (non-hydrogen) atoms. The van der Waals surface area contributed by atoms with Crippen molar-refractivity contribution in [1.82, 2.24) is 4.90 Å². The molecule has 2 rings (SSSR count). The summed E-state index contributed by atoms with van der Waals surface area (Å²) in [5.41, 5.74) is 0.166. The van der Waals surface area contributed by atoms with Crippen LogP contribution in [-0.2, 0) is 0 Å². The van der Waals surface area contributed by atoms with Crippen molar-refractivity contribution < 1.29 is 24.5 Å². The van der Waals surface area contributed by atoms with Gasteiger partial charge in [0.15, 0.2) is 0 Å². The molecule has 0 aromatic heterocycles. The van der Waals surface area contributed by atoms with Crippen LogP contribution in [0.4, 0.5) is 0 Å². The Kier molecular flexibility index (Phi) is 4.66. The van der Waals surface area contributed by atoms with E-state index in [1.165, 1.54) is 13.2 Å². The lowest BCUT2D eigenvalue weighted by molar-refractivity contribution is 0.0211. The number of aryl methyl sites for hydroxylation is 1. The van der Waals surface area contributed by atoms with Crippen molar-refractivity contribution in [3.05, 3.63) is 28.8 Å². The summed E-state index contributed by atoms with van der Waals surface area (Å²) in [6.07, 6.45) is 0.732. The number of benzene rings is 1. The molecule has 1 unspecified atom stereocenters. The van der Waals surface area contributed by atoms with Gasteiger partial charge in [-0.15, -0.1) is 0 Å². The number of carboxylic acid groups (broad SMARTS) is 1. The van der Waals surface area contributed by atoms with Gasteiger partial charge in [0.25, 0.3) is 5.91 Å². The summed E-state index contributed by atoms with van der Waals surface area (Å²) in [6, 6.07) is 2.94. The number of ether oxygens (including phenoxy) is 1. The van der Waals surface area contributed by atoms with Crippen molar-refractivity contribution in [2.45, 2.75) is 32.8 Å². The predicted octanol–water partition coefficient (Wildman–Crippen LogP) is 1.93. The molecule has 0 saturated carbocycles. The first-order valence-electron chi connectivity index (χ1n) is 7.58. The van der Waals surface area contributed by atoms with Crippen LogP contribution in [0.3, 0.4) is 0 Å². The molecule has 1 amide bonds. The molecule has 1 aromatic carbocycles. The predicted molar refractivity (Wildman–Crippen MR) is 85.0 cm³/mol. The lowest BCUT2D eigenvalue weighted by Crippen LogP contribution is -2.35. The van der Waals surface area contributed by atoms with E-state index in [1.54, 1.807) is 31.7 Å². The van der Waals surface area contributed by atoms with Gasteiger partial charge < -0.3 is 19.8 Å². The molecule has 6 heteroatoms. The van der Waals surface area contributed by atoms with E-state index in [4.69, 9.17) is 4.74 Å². The number of carbonyl (C=O) groups excluding carboxylic acids is 1. The van der Waals surface area contributed by atoms with Crippen molar-refractivity contribution in [2.24, 2.45) is 5.92 Å². The molecule has 1 fully saturated rings. The van der Waals surface area contributed by atoms with Crippen LogP contribution >= 0.6 is 0 Å². The average molecular weight is 321 g/mol. The summed E-state index contributed by atoms with van der Waals surface area (Å²) in [6.45, 7) is 6.27. The van der Waals surface area contributed by atoms with Gasteiger partial charge in [0.1, 0.15) is 11.3 Å². The number of carbonyl (C=O) groups is 2. The SMILES string of the molecule is COc1cc(C)c(C(=O)N2CCC(C(C)(C)O)C2)cc1C(=O)O. The first kappa shape index (κ1) is 17.3. The molecule has 2 N–H and O–H groups in total. The van der Waals surface area contributed by atoms with Gasteiger partial charge in [-0.3, -0.25) is 4.79 Å². The Morgan fingerprint density at radius 3 is 2.43 bits per heavy atom. The lowest BCUT2D eigenvalue weighted by Gasteiger charge is -2.26. The number of hydrogen-bond acceptors (Lipinski definition) is 4. The van der Waals surface area contributed by atoms with Crippen molar-refractivity contribution in [1.29, 1.82) is 0 Å². The minimum Gasteiger partial charge on any atom is -0.496 e. The highest BCUT2D eigenvalue weighted by Gasteiger charge is 2.36. The summed E-state index contributed by atoms with van der Waals surface area (Å²) in [7, 11) is 1.40. The molecule has 1 saturated heterocycles. The Bertz CT molecular complexity index is 633. The maximum atomic E-state index is 12.7. The largest absolute Gasteiger partial charge is 0.496 e. The Morgan fingerprint density at radius 1 is 1.30 bits per heavy atom. The Labute approximate surface area is 135 Å². The molecule has 1 atom stereocenters. The number of amides is 1. The van der Waals surface area contributed by atoms with E-state index < -0.39 is 11.6 Å². The third-order valence-electron chi connectivity index (χ3n) is 4.48. The summed E-state index contributed by atoms with van der Waals surface area (Å²) in [4.78, 5) is 25.7. The molecule has 126 valence electrons. The smallest absolute Gasteiger partial charge is 0.339 e. The minimum atomic E-state index is -1.13. The maximum Gasteiger partial charge on any atom is 0.339 e. The van der Waals surface area contributed by atoms with Gasteiger partial charge in [-0.2, -0.15) is 0 Å². The molecule has 1 heterocycles. The number of carboxylic acids is 1. The molecule has 0 bridgehead atoms. The number of aliphatic hydroxyl groups is 1. The number of methoxy groups -OCH3 is 1. The maximum absolute atomic E-state index is 12.7. The van der Waals surface area contributed by atoms with Crippen LogP contribution in [0.25, 0.3) is 0 Å². The monoisotopic (exact) mass is 321 g/mol. The molecular weight excluding hydrogens is 298 g/mol. The van der Waals surface area contributed by atoms with E-state index in [2.05, 4.69) is 0 Å². The van der Waals surface area contributed by atoms with E-state index in [0.29, 0.717) is 24.2 Å². The van der Waals surface area contributed by atoms with E-state index in [0.717, 1.165) is 6.42 Å². The zero-order chi connectivity index (χ0) is 17.4. The summed E-state index contributed by atoms with van der Waals surface area (Å²) in [5, 5.41) is 19.4. The van der Waals surface area contributed by atoms with E-state index in [9.17, 15) is 19.8 Å². The third kappa shape index (κ3) is 3.47. The van der Waals surface area contributed by atoms with Crippen LogP contribution in [0.1, 0.15) is 46.5 Å². The Hall–Kier alpha value is -2.08. The van der Waals surface area contributed by atoms with Crippen LogP contribution in [0.15, 0.2) is 12.1 Å². The van der Waals surface area contributed by atoms with E-state index in [1.807, 2.05) is 0 Å². The fourth-order valence-electron chi connectivity index (χ4n) is 2.94. The van der Waals surface area contributed by atoms with Crippen molar-refractivity contribution in [3.63, 3.8) is 0 Å². The molecule has 1 aliphatic heterocycles.